The van der Waals surface area contributed by atoms with Gasteiger partial charge in [0.25, 0.3) is 0 Å². The average Bonchev–Trinajstić information content (AvgIpc) is 2.75. The molecular weight excluding hydrogens is 461 g/mol. The molecule has 1 atom stereocenters. The van der Waals surface area contributed by atoms with Crippen molar-refractivity contribution in [3.63, 3.8) is 0 Å². The zero-order valence-electron chi connectivity index (χ0n) is 17.0. The standard InChI is InChI=1S/C24H21BrFN3O2/c1-2-31-21-9-4-3-6-15(21)22-16(13-27)24(28)29(18-11-10-14(25)12-17(18)26)19-7-5-8-20(30)23(19)22/h3-4,6,9-12,22H,2,5,7-8,28H2,1H3/t22-/m1/s1. The van der Waals surface area contributed by atoms with Gasteiger partial charge in [0.1, 0.15) is 17.4 Å². The summed E-state index contributed by atoms with van der Waals surface area (Å²) in [5.74, 6) is -0.462. The smallest absolute Gasteiger partial charge is 0.161 e. The summed E-state index contributed by atoms with van der Waals surface area (Å²) in [5, 5.41) is 10.1. The fourth-order valence-electron chi connectivity index (χ4n) is 4.34. The van der Waals surface area contributed by atoms with E-state index in [-0.39, 0.29) is 22.9 Å². The Balaban J connectivity index is 1.99. The summed E-state index contributed by atoms with van der Waals surface area (Å²) >= 11 is 3.27. The number of rotatable bonds is 4. The van der Waals surface area contributed by atoms with Crippen molar-refractivity contribution < 1.29 is 13.9 Å². The van der Waals surface area contributed by atoms with E-state index in [1.54, 1.807) is 12.1 Å². The molecule has 0 saturated carbocycles. The van der Waals surface area contributed by atoms with E-state index in [1.807, 2.05) is 31.2 Å². The van der Waals surface area contributed by atoms with Gasteiger partial charge in [0.05, 0.1) is 29.9 Å². The van der Waals surface area contributed by atoms with Gasteiger partial charge in [-0.2, -0.15) is 5.26 Å². The van der Waals surface area contributed by atoms with Crippen molar-refractivity contribution >= 4 is 27.4 Å². The number of nitrogens with zero attached hydrogens (tertiary/aromatic N) is 2. The van der Waals surface area contributed by atoms with Gasteiger partial charge < -0.3 is 10.5 Å². The molecule has 1 heterocycles. The van der Waals surface area contributed by atoms with Gasteiger partial charge in [-0.15, -0.1) is 0 Å². The molecule has 158 valence electrons. The number of Topliss-reactive ketones (excluding diaryl/α,β-unsaturated/α-hetero) is 1. The van der Waals surface area contributed by atoms with E-state index in [9.17, 15) is 14.4 Å². The van der Waals surface area contributed by atoms with E-state index < -0.39 is 11.7 Å². The Morgan fingerprint density at radius 3 is 2.77 bits per heavy atom. The van der Waals surface area contributed by atoms with Gasteiger partial charge in [-0.05, 0) is 44.0 Å². The molecule has 2 aromatic carbocycles. The zero-order chi connectivity index (χ0) is 22.1. The topological polar surface area (TPSA) is 79.3 Å². The lowest BCUT2D eigenvalue weighted by Gasteiger charge is -2.40. The summed E-state index contributed by atoms with van der Waals surface area (Å²) in [6.07, 6.45) is 1.58. The summed E-state index contributed by atoms with van der Waals surface area (Å²) in [6.45, 7) is 2.32. The van der Waals surface area contributed by atoms with Crippen LogP contribution in [0.1, 0.15) is 37.7 Å². The highest BCUT2D eigenvalue weighted by Crippen LogP contribution is 2.48. The van der Waals surface area contributed by atoms with Crippen molar-refractivity contribution in [1.82, 2.24) is 0 Å². The van der Waals surface area contributed by atoms with E-state index in [1.165, 1.54) is 11.0 Å². The van der Waals surface area contributed by atoms with Crippen molar-refractivity contribution in [2.24, 2.45) is 5.73 Å². The summed E-state index contributed by atoms with van der Waals surface area (Å²) in [4.78, 5) is 14.7. The number of hydrogen-bond acceptors (Lipinski definition) is 5. The number of carbonyl (C=O) groups excluding carboxylic acids is 1. The van der Waals surface area contributed by atoms with Gasteiger partial charge in [0.15, 0.2) is 5.78 Å². The van der Waals surface area contributed by atoms with Crippen LogP contribution in [0.2, 0.25) is 0 Å². The lowest BCUT2D eigenvalue weighted by molar-refractivity contribution is -0.116. The number of ether oxygens (including phenoxy) is 1. The third-order valence-corrected chi connectivity index (χ3v) is 6.09. The normalized spacial score (nSPS) is 18.7. The number of nitrogens with two attached hydrogens (primary N) is 1. The Morgan fingerprint density at radius 2 is 2.06 bits per heavy atom. The monoisotopic (exact) mass is 481 g/mol. The van der Waals surface area contributed by atoms with Crippen LogP contribution in [0, 0.1) is 17.1 Å². The number of anilines is 1. The van der Waals surface area contributed by atoms with Crippen molar-refractivity contribution in [2.45, 2.75) is 32.1 Å². The van der Waals surface area contributed by atoms with E-state index in [0.717, 1.165) is 0 Å². The second-order valence-electron chi connectivity index (χ2n) is 7.38. The lowest BCUT2D eigenvalue weighted by atomic mass is 9.75. The van der Waals surface area contributed by atoms with Crippen molar-refractivity contribution in [3.8, 4) is 11.8 Å². The lowest BCUT2D eigenvalue weighted by Crippen LogP contribution is -2.39. The quantitative estimate of drug-likeness (QED) is 0.641. The number of nitriles is 1. The molecular formula is C24H21BrFN3O2. The van der Waals surface area contributed by atoms with Gasteiger partial charge in [-0.25, -0.2) is 4.39 Å². The number of para-hydroxylation sites is 1. The molecule has 0 saturated heterocycles. The van der Waals surface area contributed by atoms with Crippen LogP contribution in [0.5, 0.6) is 5.75 Å². The molecule has 0 fully saturated rings. The molecule has 0 radical (unpaired) electrons. The fourth-order valence-corrected chi connectivity index (χ4v) is 4.67. The Morgan fingerprint density at radius 1 is 1.29 bits per heavy atom. The SMILES string of the molecule is CCOc1ccccc1[C@@H]1C(C#N)=C(N)N(c2ccc(Br)cc2F)C2=C1C(=O)CCC2. The third-order valence-electron chi connectivity index (χ3n) is 5.59. The number of hydrogen-bond donors (Lipinski definition) is 1. The molecule has 1 aliphatic carbocycles. The molecule has 31 heavy (non-hydrogen) atoms. The highest BCUT2D eigenvalue weighted by molar-refractivity contribution is 9.10. The van der Waals surface area contributed by atoms with Crippen molar-refractivity contribution in [1.29, 1.82) is 5.26 Å². The highest BCUT2D eigenvalue weighted by atomic mass is 79.9. The Bertz CT molecular complexity index is 1170. The molecule has 5 nitrogen and oxygen atoms in total. The minimum atomic E-state index is -0.648. The van der Waals surface area contributed by atoms with Crippen LogP contribution in [-0.2, 0) is 4.79 Å². The first kappa shape index (κ1) is 21.1. The van der Waals surface area contributed by atoms with Gasteiger partial charge in [-0.3, -0.25) is 9.69 Å². The molecule has 4 rings (SSSR count). The van der Waals surface area contributed by atoms with E-state index in [4.69, 9.17) is 10.5 Å². The summed E-state index contributed by atoms with van der Waals surface area (Å²) < 4.78 is 21.3. The molecule has 0 bridgehead atoms. The second-order valence-corrected chi connectivity index (χ2v) is 8.30. The van der Waals surface area contributed by atoms with Crippen LogP contribution in [0.25, 0.3) is 0 Å². The van der Waals surface area contributed by atoms with Crippen molar-refractivity contribution in [3.05, 3.63) is 81.0 Å². The Labute approximate surface area is 188 Å². The molecule has 2 aromatic rings. The summed E-state index contributed by atoms with van der Waals surface area (Å²) in [7, 11) is 0. The van der Waals surface area contributed by atoms with Crippen LogP contribution in [0.4, 0.5) is 10.1 Å². The van der Waals surface area contributed by atoms with Crippen LogP contribution >= 0.6 is 15.9 Å². The first-order chi connectivity index (χ1) is 15.0. The number of carbonyl (C=O) groups is 1. The number of halogens is 2. The van der Waals surface area contributed by atoms with Crippen molar-refractivity contribution in [2.75, 3.05) is 11.5 Å². The zero-order valence-corrected chi connectivity index (χ0v) is 18.6. The van der Waals surface area contributed by atoms with E-state index in [0.29, 0.717) is 52.9 Å². The molecule has 0 aromatic heterocycles. The minimum Gasteiger partial charge on any atom is -0.494 e. The molecule has 2 aliphatic rings. The fraction of sp³-hybridized carbons (Fsp3) is 0.250. The average molecular weight is 482 g/mol. The number of benzene rings is 2. The minimum absolute atomic E-state index is 0.0553. The highest BCUT2D eigenvalue weighted by Gasteiger charge is 2.41. The molecule has 7 heteroatoms. The Hall–Kier alpha value is -3.11. The summed E-state index contributed by atoms with van der Waals surface area (Å²) in [6, 6.07) is 14.2. The first-order valence-electron chi connectivity index (χ1n) is 10.1. The predicted octanol–water partition coefficient (Wildman–Crippen LogP) is 5.29. The van der Waals surface area contributed by atoms with Gasteiger partial charge in [-0.1, -0.05) is 34.1 Å². The molecule has 1 aliphatic heterocycles. The number of ketones is 1. The Kier molecular flexibility index (Phi) is 5.84. The number of allylic oxidation sites excluding steroid dienone is 3. The molecule has 0 spiro atoms. The maximum atomic E-state index is 14.9. The largest absolute Gasteiger partial charge is 0.494 e. The van der Waals surface area contributed by atoms with Crippen LogP contribution in [-0.4, -0.2) is 12.4 Å². The molecule has 0 unspecified atom stereocenters. The maximum absolute atomic E-state index is 14.9. The summed E-state index contributed by atoms with van der Waals surface area (Å²) in [5.41, 5.74) is 8.77. The van der Waals surface area contributed by atoms with Gasteiger partial charge >= 0.3 is 0 Å². The maximum Gasteiger partial charge on any atom is 0.161 e. The second kappa shape index (κ2) is 8.56. The molecule has 0 amide bonds. The van der Waals surface area contributed by atoms with Crippen LogP contribution < -0.4 is 15.4 Å². The predicted molar refractivity (Wildman–Crippen MR) is 120 cm³/mol. The van der Waals surface area contributed by atoms with Gasteiger partial charge in [0.2, 0.25) is 0 Å². The van der Waals surface area contributed by atoms with Crippen LogP contribution in [0.15, 0.2) is 69.6 Å². The molecule has 2 N–H and O–H groups in total. The third kappa shape index (κ3) is 3.61. The van der Waals surface area contributed by atoms with E-state index in [2.05, 4.69) is 22.0 Å². The van der Waals surface area contributed by atoms with E-state index >= 15 is 0 Å². The first-order valence-corrected chi connectivity index (χ1v) is 10.9. The van der Waals surface area contributed by atoms with Gasteiger partial charge in [0, 0.05) is 27.7 Å². The van der Waals surface area contributed by atoms with Crippen LogP contribution in [0.3, 0.4) is 0 Å².